The van der Waals surface area contributed by atoms with Gasteiger partial charge in [-0.1, -0.05) is 37.5 Å². The molecule has 1 fully saturated rings. The van der Waals surface area contributed by atoms with Gasteiger partial charge in [0.05, 0.1) is 11.4 Å². The molecule has 172 valence electrons. The molecule has 0 bridgehead atoms. The van der Waals surface area contributed by atoms with Gasteiger partial charge in [-0.15, -0.1) is 24.0 Å². The molecule has 0 atom stereocenters. The third kappa shape index (κ3) is 7.35. The average molecular weight is 553 g/mol. The summed E-state index contributed by atoms with van der Waals surface area (Å²) in [6.45, 7) is 3.95. The molecule has 7 nitrogen and oxygen atoms in total. The Morgan fingerprint density at radius 1 is 1.17 bits per heavy atom. The van der Waals surface area contributed by atoms with Crippen LogP contribution < -0.4 is 10.6 Å². The van der Waals surface area contributed by atoms with Crippen LogP contribution in [0.3, 0.4) is 0 Å². The molecule has 0 radical (unpaired) electrons. The van der Waals surface area contributed by atoms with E-state index in [1.54, 1.807) is 18.2 Å². The van der Waals surface area contributed by atoms with Crippen LogP contribution in [-0.2, 0) is 16.6 Å². The van der Waals surface area contributed by atoms with Crippen LogP contribution in [0.15, 0.2) is 34.2 Å². The molecule has 1 aliphatic carbocycles. The van der Waals surface area contributed by atoms with Crippen LogP contribution in [0.5, 0.6) is 0 Å². The van der Waals surface area contributed by atoms with E-state index in [-0.39, 0.29) is 47.4 Å². The molecule has 2 rings (SSSR count). The number of halogens is 1. The Morgan fingerprint density at radius 2 is 1.83 bits per heavy atom. The number of hydrogen-bond acceptors (Lipinski definition) is 4. The average Bonchev–Trinajstić information content (AvgIpc) is 2.71. The van der Waals surface area contributed by atoms with Crippen molar-refractivity contribution in [3.8, 4) is 0 Å². The lowest BCUT2D eigenvalue weighted by Crippen LogP contribution is -2.45. The normalized spacial score (nSPS) is 16.8. The van der Waals surface area contributed by atoms with Crippen molar-refractivity contribution in [1.29, 1.82) is 0 Å². The number of sulfonamides is 1. The van der Waals surface area contributed by atoms with Crippen LogP contribution in [0.4, 0.5) is 0 Å². The van der Waals surface area contributed by atoms with E-state index in [1.807, 2.05) is 13.0 Å². The Kier molecular flexibility index (Phi) is 11.6. The number of guanidine groups is 1. The Balaban J connectivity index is 0.00000450. The fourth-order valence-corrected chi connectivity index (χ4v) is 5.02. The Bertz CT molecular complexity index is 773. The summed E-state index contributed by atoms with van der Waals surface area (Å²) in [5, 5.41) is 16.2. The van der Waals surface area contributed by atoms with E-state index < -0.39 is 10.0 Å². The Morgan fingerprint density at radius 3 is 2.43 bits per heavy atom. The summed E-state index contributed by atoms with van der Waals surface area (Å²) in [7, 11) is -0.452. The third-order valence-corrected chi connectivity index (χ3v) is 7.59. The van der Waals surface area contributed by atoms with Gasteiger partial charge in [-0.3, -0.25) is 0 Å². The molecule has 3 N–H and O–H groups in total. The van der Waals surface area contributed by atoms with Crippen molar-refractivity contribution in [3.63, 3.8) is 0 Å². The summed E-state index contributed by atoms with van der Waals surface area (Å²) in [5.74, 6) is 0.674. The van der Waals surface area contributed by atoms with Gasteiger partial charge in [-0.05, 0) is 43.2 Å². The first-order chi connectivity index (χ1) is 13.8. The predicted molar refractivity (Wildman–Crippen MR) is 133 cm³/mol. The monoisotopic (exact) mass is 552 g/mol. The van der Waals surface area contributed by atoms with Crippen LogP contribution in [-0.4, -0.2) is 57.6 Å². The molecule has 0 heterocycles. The van der Waals surface area contributed by atoms with Gasteiger partial charge in [0.2, 0.25) is 10.0 Å². The molecule has 0 amide bonds. The number of benzene rings is 1. The van der Waals surface area contributed by atoms with Crippen molar-refractivity contribution in [1.82, 2.24) is 14.9 Å². The van der Waals surface area contributed by atoms with Crippen LogP contribution in [0, 0.1) is 5.41 Å². The smallest absolute Gasteiger partial charge is 0.242 e. The van der Waals surface area contributed by atoms with Gasteiger partial charge < -0.3 is 15.7 Å². The SMILES string of the molecule is CCNC(=NCc1ccccc1S(=O)(=O)N(C)C)NCC1(CCO)CCCCC1.I. The number of aliphatic imine (C=N–C) groups is 1. The quantitative estimate of drug-likeness (QED) is 0.249. The first-order valence-corrected chi connectivity index (χ1v) is 11.9. The minimum atomic E-state index is -3.52. The van der Waals surface area contributed by atoms with E-state index in [4.69, 9.17) is 0 Å². The van der Waals surface area contributed by atoms with Gasteiger partial charge >= 0.3 is 0 Å². The van der Waals surface area contributed by atoms with Crippen LogP contribution in [0.1, 0.15) is 51.0 Å². The number of aliphatic hydroxyl groups is 1. The van der Waals surface area contributed by atoms with Gasteiger partial charge in [0.1, 0.15) is 0 Å². The molecule has 0 aliphatic heterocycles. The van der Waals surface area contributed by atoms with Crippen molar-refractivity contribution >= 4 is 40.0 Å². The zero-order chi connectivity index (χ0) is 21.3. The highest BCUT2D eigenvalue weighted by Crippen LogP contribution is 2.38. The van der Waals surface area contributed by atoms with Crippen molar-refractivity contribution < 1.29 is 13.5 Å². The summed E-state index contributed by atoms with van der Waals surface area (Å²) in [4.78, 5) is 4.93. The number of nitrogens with zero attached hydrogens (tertiary/aromatic N) is 2. The van der Waals surface area contributed by atoms with E-state index >= 15 is 0 Å². The van der Waals surface area contributed by atoms with Crippen molar-refractivity contribution in [3.05, 3.63) is 29.8 Å². The molecule has 0 unspecified atom stereocenters. The molecule has 9 heteroatoms. The fourth-order valence-electron chi connectivity index (χ4n) is 3.91. The van der Waals surface area contributed by atoms with E-state index in [0.29, 0.717) is 11.5 Å². The number of hydrogen-bond donors (Lipinski definition) is 3. The van der Waals surface area contributed by atoms with Crippen LogP contribution in [0.2, 0.25) is 0 Å². The lowest BCUT2D eigenvalue weighted by atomic mass is 9.72. The van der Waals surface area contributed by atoms with Gasteiger partial charge in [-0.25, -0.2) is 17.7 Å². The third-order valence-electron chi connectivity index (χ3n) is 5.67. The first kappa shape index (κ1) is 27.1. The molecule has 30 heavy (non-hydrogen) atoms. The van der Waals surface area contributed by atoms with E-state index in [2.05, 4.69) is 15.6 Å². The highest BCUT2D eigenvalue weighted by molar-refractivity contribution is 14.0. The van der Waals surface area contributed by atoms with Gasteiger partial charge in [0.25, 0.3) is 0 Å². The van der Waals surface area contributed by atoms with E-state index in [9.17, 15) is 13.5 Å². The Labute approximate surface area is 198 Å². The number of nitrogens with one attached hydrogen (secondary N) is 2. The van der Waals surface area contributed by atoms with E-state index in [1.165, 1.54) is 37.7 Å². The molecule has 0 aromatic heterocycles. The molecule has 0 saturated heterocycles. The standard InChI is InChI=1S/C21H36N4O3S.HI/c1-4-22-20(24-17-21(14-15-26)12-8-5-9-13-21)23-16-18-10-6-7-11-19(18)29(27,28)25(2)3;/h6-7,10-11,26H,4-5,8-9,12-17H2,1-3H3,(H2,22,23,24);1H. The zero-order valence-electron chi connectivity index (χ0n) is 18.4. The lowest BCUT2D eigenvalue weighted by Gasteiger charge is -2.37. The van der Waals surface area contributed by atoms with Crippen molar-refractivity contribution in [2.45, 2.75) is 56.9 Å². The summed E-state index contributed by atoms with van der Waals surface area (Å²) >= 11 is 0. The van der Waals surface area contributed by atoms with Crippen LogP contribution >= 0.6 is 24.0 Å². The molecule has 1 aromatic rings. The second-order valence-corrected chi connectivity index (χ2v) is 10.1. The molecule has 0 spiro atoms. The van der Waals surface area contributed by atoms with E-state index in [0.717, 1.165) is 32.4 Å². The Hall–Kier alpha value is -0.910. The second-order valence-electron chi connectivity index (χ2n) is 7.98. The molecule has 1 saturated carbocycles. The van der Waals surface area contributed by atoms with Gasteiger partial charge in [-0.2, -0.15) is 0 Å². The maximum Gasteiger partial charge on any atom is 0.242 e. The maximum atomic E-state index is 12.6. The topological polar surface area (TPSA) is 94.0 Å². The van der Waals surface area contributed by atoms with Crippen molar-refractivity contribution in [2.24, 2.45) is 10.4 Å². The molecule has 1 aliphatic rings. The summed E-state index contributed by atoms with van der Waals surface area (Å²) in [5.41, 5.74) is 0.774. The maximum absolute atomic E-state index is 12.6. The minimum absolute atomic E-state index is 0. The van der Waals surface area contributed by atoms with Gasteiger partial charge in [0.15, 0.2) is 5.96 Å². The highest BCUT2D eigenvalue weighted by Gasteiger charge is 2.31. The molecular weight excluding hydrogens is 515 g/mol. The minimum Gasteiger partial charge on any atom is -0.396 e. The lowest BCUT2D eigenvalue weighted by molar-refractivity contribution is 0.131. The zero-order valence-corrected chi connectivity index (χ0v) is 21.5. The number of rotatable bonds is 9. The summed E-state index contributed by atoms with van der Waals surface area (Å²) in [6.07, 6.45) is 6.69. The molecule has 1 aromatic carbocycles. The van der Waals surface area contributed by atoms with Crippen LogP contribution in [0.25, 0.3) is 0 Å². The second kappa shape index (κ2) is 12.8. The fraction of sp³-hybridized carbons (Fsp3) is 0.667. The largest absolute Gasteiger partial charge is 0.396 e. The predicted octanol–water partition coefficient (Wildman–Crippen LogP) is 2.94. The van der Waals surface area contributed by atoms with Gasteiger partial charge in [0, 0.05) is 33.8 Å². The number of aliphatic hydroxyl groups excluding tert-OH is 1. The molecular formula is C21H37IN4O3S. The van der Waals surface area contributed by atoms with Crippen molar-refractivity contribution in [2.75, 3.05) is 33.8 Å². The highest BCUT2D eigenvalue weighted by atomic mass is 127. The summed E-state index contributed by atoms with van der Waals surface area (Å²) in [6, 6.07) is 6.99. The first-order valence-electron chi connectivity index (χ1n) is 10.5. The summed E-state index contributed by atoms with van der Waals surface area (Å²) < 4.78 is 26.4.